The number of esters is 1. The summed E-state index contributed by atoms with van der Waals surface area (Å²) in [6.45, 7) is 2.20. The van der Waals surface area contributed by atoms with Crippen molar-refractivity contribution in [3.63, 3.8) is 0 Å². The minimum Gasteiger partial charge on any atom is -0.465 e. The van der Waals surface area contributed by atoms with Crippen LogP contribution in [0, 0.1) is 0 Å². The van der Waals surface area contributed by atoms with E-state index in [9.17, 15) is 4.79 Å². The molecule has 4 nitrogen and oxygen atoms in total. The number of methoxy groups -OCH3 is 1. The maximum absolute atomic E-state index is 11.7. The maximum atomic E-state index is 11.7. The molecule has 0 spiro atoms. The normalized spacial score (nSPS) is 17.7. The number of ether oxygens (including phenoxy) is 2. The highest BCUT2D eigenvalue weighted by molar-refractivity contribution is 9.10. The van der Waals surface area contributed by atoms with E-state index in [1.54, 1.807) is 6.07 Å². The Morgan fingerprint density at radius 1 is 1.28 bits per heavy atom. The zero-order chi connectivity index (χ0) is 17.6. The van der Waals surface area contributed by atoms with Gasteiger partial charge in [0.05, 0.1) is 25.4 Å². The summed E-state index contributed by atoms with van der Waals surface area (Å²) in [6, 6.07) is 15.7. The van der Waals surface area contributed by atoms with E-state index in [-0.39, 0.29) is 12.1 Å². The maximum Gasteiger partial charge on any atom is 0.337 e. The van der Waals surface area contributed by atoms with E-state index in [0.29, 0.717) is 12.2 Å². The fourth-order valence-electron chi connectivity index (χ4n) is 2.77. The number of nitrogens with zero attached hydrogens (tertiary/aromatic N) is 1. The minimum absolute atomic E-state index is 0.0131. The van der Waals surface area contributed by atoms with Crippen LogP contribution in [0.5, 0.6) is 0 Å². The van der Waals surface area contributed by atoms with Crippen LogP contribution in [-0.4, -0.2) is 38.9 Å². The average Bonchev–Trinajstić information content (AvgIpc) is 2.67. The number of halogens is 1. The molecule has 130 valence electrons. The van der Waals surface area contributed by atoms with Crippen LogP contribution in [0.1, 0.15) is 15.9 Å². The van der Waals surface area contributed by atoms with Crippen molar-refractivity contribution in [1.82, 2.24) is 0 Å². The number of rotatable bonds is 4. The van der Waals surface area contributed by atoms with Gasteiger partial charge in [-0.15, -0.1) is 0 Å². The van der Waals surface area contributed by atoms with Crippen molar-refractivity contribution < 1.29 is 14.3 Å². The summed E-state index contributed by atoms with van der Waals surface area (Å²) < 4.78 is 11.7. The number of carbonyl (C=O) groups is 1. The molecule has 2 aromatic carbocycles. The van der Waals surface area contributed by atoms with Crippen LogP contribution in [0.3, 0.4) is 0 Å². The van der Waals surface area contributed by atoms with Gasteiger partial charge in [-0.2, -0.15) is 0 Å². The Balaban J connectivity index is 1.68. The third kappa shape index (κ3) is 4.71. The van der Waals surface area contributed by atoms with Crippen LogP contribution < -0.4 is 4.90 Å². The lowest BCUT2D eigenvalue weighted by Gasteiger charge is -2.33. The van der Waals surface area contributed by atoms with Gasteiger partial charge in [0, 0.05) is 23.2 Å². The Labute approximate surface area is 156 Å². The van der Waals surface area contributed by atoms with Gasteiger partial charge >= 0.3 is 5.97 Å². The lowest BCUT2D eigenvalue weighted by molar-refractivity contribution is 0.0600. The number of hydrogen-bond acceptors (Lipinski definition) is 4. The zero-order valence-electron chi connectivity index (χ0n) is 14.0. The molecule has 25 heavy (non-hydrogen) atoms. The average molecular weight is 402 g/mol. The highest BCUT2D eigenvalue weighted by atomic mass is 79.9. The summed E-state index contributed by atoms with van der Waals surface area (Å²) in [4.78, 5) is 13.9. The van der Waals surface area contributed by atoms with Crippen LogP contribution in [0.25, 0.3) is 6.08 Å². The molecule has 5 heteroatoms. The van der Waals surface area contributed by atoms with E-state index >= 15 is 0 Å². The predicted octanol–water partition coefficient (Wildman–Crippen LogP) is 4.15. The van der Waals surface area contributed by atoms with Crippen molar-refractivity contribution in [3.8, 4) is 0 Å². The molecule has 1 aliphatic rings. The van der Waals surface area contributed by atoms with Crippen molar-refractivity contribution in [2.24, 2.45) is 0 Å². The van der Waals surface area contributed by atoms with Crippen molar-refractivity contribution in [2.75, 3.05) is 31.7 Å². The second-order valence-corrected chi connectivity index (χ2v) is 6.72. The van der Waals surface area contributed by atoms with Crippen LogP contribution in [0.2, 0.25) is 0 Å². The van der Waals surface area contributed by atoms with Gasteiger partial charge < -0.3 is 14.4 Å². The standard InChI is InChI=1S/C20H20BrNO3/c1-24-20(23)16-3-2-4-18(13-16)22-11-12-25-19(14-22)10-7-15-5-8-17(21)9-6-15/h2-10,13,19H,11-12,14H2,1H3/b10-7+. The molecule has 0 radical (unpaired) electrons. The Kier molecular flexibility index (Phi) is 5.89. The Bertz CT molecular complexity index is 758. The molecule has 0 amide bonds. The lowest BCUT2D eigenvalue weighted by Crippen LogP contribution is -2.41. The van der Waals surface area contributed by atoms with Gasteiger partial charge in [0.2, 0.25) is 0 Å². The number of carbonyl (C=O) groups excluding carboxylic acids is 1. The quantitative estimate of drug-likeness (QED) is 0.721. The van der Waals surface area contributed by atoms with Gasteiger partial charge in [0.1, 0.15) is 0 Å². The first-order chi connectivity index (χ1) is 12.2. The summed E-state index contributed by atoms with van der Waals surface area (Å²) in [6.07, 6.45) is 4.17. The van der Waals surface area contributed by atoms with Crippen LogP contribution in [-0.2, 0) is 9.47 Å². The minimum atomic E-state index is -0.318. The highest BCUT2D eigenvalue weighted by Gasteiger charge is 2.19. The molecule has 1 heterocycles. The largest absolute Gasteiger partial charge is 0.465 e. The molecule has 1 saturated heterocycles. The highest BCUT2D eigenvalue weighted by Crippen LogP contribution is 2.21. The van der Waals surface area contributed by atoms with E-state index in [0.717, 1.165) is 28.8 Å². The third-order valence-corrected chi connectivity index (χ3v) is 4.63. The van der Waals surface area contributed by atoms with Gasteiger partial charge in [0.15, 0.2) is 0 Å². The molecular weight excluding hydrogens is 382 g/mol. The second-order valence-electron chi connectivity index (χ2n) is 5.81. The van der Waals surface area contributed by atoms with Gasteiger partial charge in [-0.1, -0.05) is 46.3 Å². The summed E-state index contributed by atoms with van der Waals surface area (Å²) in [5.41, 5.74) is 2.71. The molecule has 0 bridgehead atoms. The van der Waals surface area contributed by atoms with Gasteiger partial charge in [-0.05, 0) is 35.9 Å². The molecule has 1 fully saturated rings. The first-order valence-corrected chi connectivity index (χ1v) is 8.94. The van der Waals surface area contributed by atoms with Crippen molar-refractivity contribution >= 4 is 33.7 Å². The van der Waals surface area contributed by atoms with E-state index in [1.807, 2.05) is 30.3 Å². The molecule has 0 saturated carbocycles. The zero-order valence-corrected chi connectivity index (χ0v) is 15.6. The van der Waals surface area contributed by atoms with Gasteiger partial charge in [-0.3, -0.25) is 0 Å². The smallest absolute Gasteiger partial charge is 0.337 e. The summed E-state index contributed by atoms with van der Waals surface area (Å²) in [7, 11) is 1.40. The molecule has 1 atom stereocenters. The fourth-order valence-corrected chi connectivity index (χ4v) is 3.03. The van der Waals surface area contributed by atoms with E-state index in [4.69, 9.17) is 9.47 Å². The monoisotopic (exact) mass is 401 g/mol. The Morgan fingerprint density at radius 2 is 2.08 bits per heavy atom. The van der Waals surface area contributed by atoms with Crippen LogP contribution in [0.15, 0.2) is 59.1 Å². The van der Waals surface area contributed by atoms with Crippen molar-refractivity contribution in [2.45, 2.75) is 6.10 Å². The first kappa shape index (κ1) is 17.7. The topological polar surface area (TPSA) is 38.8 Å². The van der Waals surface area contributed by atoms with Crippen LogP contribution >= 0.6 is 15.9 Å². The number of morpholine rings is 1. The molecule has 2 aromatic rings. The predicted molar refractivity (Wildman–Crippen MR) is 103 cm³/mol. The van der Waals surface area contributed by atoms with E-state index < -0.39 is 0 Å². The van der Waals surface area contributed by atoms with Crippen molar-refractivity contribution in [1.29, 1.82) is 0 Å². The first-order valence-electron chi connectivity index (χ1n) is 8.14. The van der Waals surface area contributed by atoms with Gasteiger partial charge in [0.25, 0.3) is 0 Å². The number of hydrogen-bond donors (Lipinski definition) is 0. The van der Waals surface area contributed by atoms with E-state index in [1.165, 1.54) is 7.11 Å². The SMILES string of the molecule is COC(=O)c1cccc(N2CCOC(/C=C/c3ccc(Br)cc3)C2)c1. The Morgan fingerprint density at radius 3 is 2.84 bits per heavy atom. The molecular formula is C20H20BrNO3. The van der Waals surface area contributed by atoms with Crippen LogP contribution in [0.4, 0.5) is 5.69 Å². The molecule has 1 unspecified atom stereocenters. The summed E-state index contributed by atoms with van der Waals surface area (Å²) >= 11 is 3.44. The molecule has 0 N–H and O–H groups in total. The summed E-state index contributed by atoms with van der Waals surface area (Å²) in [5, 5.41) is 0. The summed E-state index contributed by atoms with van der Waals surface area (Å²) in [5.74, 6) is -0.318. The van der Waals surface area contributed by atoms with Gasteiger partial charge in [-0.25, -0.2) is 4.79 Å². The molecule has 3 rings (SSSR count). The molecule has 0 aliphatic carbocycles. The van der Waals surface area contributed by atoms with Crippen molar-refractivity contribution in [3.05, 3.63) is 70.2 Å². The molecule has 0 aromatic heterocycles. The lowest BCUT2D eigenvalue weighted by atomic mass is 10.1. The fraction of sp³-hybridized carbons (Fsp3) is 0.250. The third-order valence-electron chi connectivity index (χ3n) is 4.10. The van der Waals surface area contributed by atoms with E-state index in [2.05, 4.69) is 45.1 Å². The molecule has 1 aliphatic heterocycles. The Hall–Kier alpha value is -2.11. The number of anilines is 1. The number of benzene rings is 2. The second kappa shape index (κ2) is 8.32.